The predicted molar refractivity (Wildman–Crippen MR) is 89.4 cm³/mol. The molecule has 0 fully saturated rings. The summed E-state index contributed by atoms with van der Waals surface area (Å²) in [7, 11) is 0. The zero-order valence-electron chi connectivity index (χ0n) is 12.5. The van der Waals surface area contributed by atoms with Gasteiger partial charge in [-0.2, -0.15) is 0 Å². The highest BCUT2D eigenvalue weighted by molar-refractivity contribution is 7.98. The summed E-state index contributed by atoms with van der Waals surface area (Å²) >= 11 is 1.82. The number of hydrogen-bond donors (Lipinski definition) is 1. The lowest BCUT2D eigenvalue weighted by molar-refractivity contribution is -0.117. The van der Waals surface area contributed by atoms with E-state index in [1.807, 2.05) is 23.9 Å². The zero-order chi connectivity index (χ0) is 15.2. The van der Waals surface area contributed by atoms with Crippen LogP contribution in [0.5, 0.6) is 0 Å². The molecule has 0 unspecified atom stereocenters. The number of carbonyl (C=O) groups is 1. The van der Waals surface area contributed by atoms with Crippen molar-refractivity contribution in [1.82, 2.24) is 0 Å². The van der Waals surface area contributed by atoms with Crippen molar-refractivity contribution < 1.29 is 4.79 Å². The Hall–Kier alpha value is -1.74. The fourth-order valence-corrected chi connectivity index (χ4v) is 2.92. The first-order valence-electron chi connectivity index (χ1n) is 7.13. The maximum atomic E-state index is 10.9. The second-order valence-electron chi connectivity index (χ2n) is 5.47. The van der Waals surface area contributed by atoms with E-state index < -0.39 is 0 Å². The van der Waals surface area contributed by atoms with Gasteiger partial charge >= 0.3 is 0 Å². The molecule has 2 N–H and O–H groups in total. The molecule has 0 saturated heterocycles. The first-order chi connectivity index (χ1) is 10.0. The minimum absolute atomic E-state index is 0.289. The maximum absolute atomic E-state index is 10.9. The summed E-state index contributed by atoms with van der Waals surface area (Å²) in [6.07, 6.45) is 0.310. The first-order valence-corrected chi connectivity index (χ1v) is 8.12. The van der Waals surface area contributed by atoms with Crippen LogP contribution in [0.1, 0.15) is 36.5 Å². The van der Waals surface area contributed by atoms with E-state index in [0.717, 1.165) is 11.3 Å². The van der Waals surface area contributed by atoms with Crippen molar-refractivity contribution in [3.05, 3.63) is 65.2 Å². The molecule has 0 aliphatic carbocycles. The molecule has 0 bridgehead atoms. The summed E-state index contributed by atoms with van der Waals surface area (Å²) in [6, 6.07) is 16.8. The topological polar surface area (TPSA) is 43.1 Å². The molecule has 110 valence electrons. The van der Waals surface area contributed by atoms with Crippen LogP contribution >= 0.6 is 11.8 Å². The Morgan fingerprint density at radius 1 is 1.00 bits per heavy atom. The molecule has 0 aliphatic rings. The van der Waals surface area contributed by atoms with Crippen molar-refractivity contribution >= 4 is 17.7 Å². The van der Waals surface area contributed by atoms with Crippen molar-refractivity contribution in [3.8, 4) is 0 Å². The normalized spacial score (nSPS) is 10.8. The summed E-state index contributed by atoms with van der Waals surface area (Å²) < 4.78 is 0. The van der Waals surface area contributed by atoms with Gasteiger partial charge < -0.3 is 5.73 Å². The number of thioether (sulfide) groups is 1. The average Bonchev–Trinajstić information content (AvgIpc) is 2.46. The molecule has 0 saturated carbocycles. The van der Waals surface area contributed by atoms with Crippen molar-refractivity contribution in [3.63, 3.8) is 0 Å². The highest BCUT2D eigenvalue weighted by atomic mass is 32.2. The number of primary amides is 1. The second-order valence-corrected chi connectivity index (χ2v) is 6.52. The summed E-state index contributed by atoms with van der Waals surface area (Å²) in [5, 5.41) is 0. The van der Waals surface area contributed by atoms with Crippen LogP contribution in [0.4, 0.5) is 0 Å². The molecule has 2 nitrogen and oxygen atoms in total. The number of carbonyl (C=O) groups excluding carboxylic acids is 1. The zero-order valence-corrected chi connectivity index (χ0v) is 13.3. The SMILES string of the molecule is CC(C)c1ccc(SCc2ccc(CC(N)=O)cc2)cc1. The van der Waals surface area contributed by atoms with Crippen LogP contribution in [0.3, 0.4) is 0 Å². The Balaban J connectivity index is 1.91. The van der Waals surface area contributed by atoms with Crippen molar-refractivity contribution in [2.45, 2.75) is 36.8 Å². The smallest absolute Gasteiger partial charge is 0.221 e. The molecular formula is C18H21NOS. The lowest BCUT2D eigenvalue weighted by Crippen LogP contribution is -2.13. The maximum Gasteiger partial charge on any atom is 0.221 e. The number of nitrogens with two attached hydrogens (primary N) is 1. The van der Waals surface area contributed by atoms with Crippen molar-refractivity contribution in [2.75, 3.05) is 0 Å². The van der Waals surface area contributed by atoms with Gasteiger partial charge in [0.05, 0.1) is 6.42 Å². The van der Waals surface area contributed by atoms with Crippen LogP contribution in [0.15, 0.2) is 53.4 Å². The van der Waals surface area contributed by atoms with Crippen LogP contribution in [0.2, 0.25) is 0 Å². The summed E-state index contributed by atoms with van der Waals surface area (Å²) in [5.41, 5.74) is 8.78. The van der Waals surface area contributed by atoms with Crippen LogP contribution in [0.25, 0.3) is 0 Å². The highest BCUT2D eigenvalue weighted by Gasteiger charge is 2.02. The molecule has 2 aromatic carbocycles. The number of amides is 1. The van der Waals surface area contributed by atoms with Crippen molar-refractivity contribution in [2.24, 2.45) is 5.73 Å². The molecule has 2 aromatic rings. The first kappa shape index (κ1) is 15.6. The lowest BCUT2D eigenvalue weighted by atomic mass is 10.0. The molecule has 0 aliphatic heterocycles. The summed E-state index contributed by atoms with van der Waals surface area (Å²) in [4.78, 5) is 12.1. The van der Waals surface area contributed by atoms with Crippen LogP contribution in [-0.2, 0) is 17.0 Å². The van der Waals surface area contributed by atoms with Gasteiger partial charge in [-0.1, -0.05) is 50.2 Å². The van der Waals surface area contributed by atoms with Gasteiger partial charge in [-0.15, -0.1) is 11.8 Å². The van der Waals surface area contributed by atoms with Gasteiger partial charge in [0, 0.05) is 10.6 Å². The molecule has 0 spiro atoms. The summed E-state index contributed by atoms with van der Waals surface area (Å²) in [6.45, 7) is 4.41. The van der Waals surface area contributed by atoms with Gasteiger partial charge in [-0.25, -0.2) is 0 Å². The van der Waals surface area contributed by atoms with Crippen molar-refractivity contribution in [1.29, 1.82) is 0 Å². The van der Waals surface area contributed by atoms with E-state index in [4.69, 9.17) is 5.73 Å². The lowest BCUT2D eigenvalue weighted by Gasteiger charge is -2.07. The van der Waals surface area contributed by atoms with E-state index in [1.165, 1.54) is 16.0 Å². The van der Waals surface area contributed by atoms with E-state index in [-0.39, 0.29) is 5.91 Å². The fourth-order valence-electron chi connectivity index (χ4n) is 2.07. The Bertz CT molecular complexity index is 588. The fraction of sp³-hybridized carbons (Fsp3) is 0.278. The molecular weight excluding hydrogens is 278 g/mol. The third-order valence-electron chi connectivity index (χ3n) is 3.35. The quantitative estimate of drug-likeness (QED) is 0.815. The van der Waals surface area contributed by atoms with E-state index >= 15 is 0 Å². The van der Waals surface area contributed by atoms with Crippen LogP contribution < -0.4 is 5.73 Å². The molecule has 3 heteroatoms. The van der Waals surface area contributed by atoms with E-state index in [9.17, 15) is 4.79 Å². The van der Waals surface area contributed by atoms with Gasteiger partial charge in [0.2, 0.25) is 5.91 Å². The number of rotatable bonds is 6. The average molecular weight is 299 g/mol. The van der Waals surface area contributed by atoms with E-state index in [2.05, 4.69) is 50.2 Å². The molecule has 0 radical (unpaired) electrons. The van der Waals surface area contributed by atoms with E-state index in [1.54, 1.807) is 0 Å². The third-order valence-corrected chi connectivity index (χ3v) is 4.44. The highest BCUT2D eigenvalue weighted by Crippen LogP contribution is 2.25. The molecule has 1 amide bonds. The van der Waals surface area contributed by atoms with E-state index in [0.29, 0.717) is 12.3 Å². The van der Waals surface area contributed by atoms with Gasteiger partial charge in [-0.3, -0.25) is 4.79 Å². The Kier molecular flexibility index (Phi) is 5.45. The number of hydrogen-bond acceptors (Lipinski definition) is 2. The monoisotopic (exact) mass is 299 g/mol. The van der Waals surface area contributed by atoms with Gasteiger partial charge in [0.1, 0.15) is 0 Å². The molecule has 21 heavy (non-hydrogen) atoms. The van der Waals surface area contributed by atoms with Gasteiger partial charge in [-0.05, 0) is 34.7 Å². The minimum atomic E-state index is -0.289. The van der Waals surface area contributed by atoms with Gasteiger partial charge in [0.15, 0.2) is 0 Å². The molecule has 2 rings (SSSR count). The number of benzene rings is 2. The third kappa shape index (κ3) is 4.94. The summed E-state index contributed by atoms with van der Waals surface area (Å²) in [5.74, 6) is 1.21. The van der Waals surface area contributed by atoms with Crippen LogP contribution in [-0.4, -0.2) is 5.91 Å². The standard InChI is InChI=1S/C18H21NOS/c1-13(2)16-7-9-17(10-8-16)21-12-15-5-3-14(4-6-15)11-18(19)20/h3-10,13H,11-12H2,1-2H3,(H2,19,20). The predicted octanol–water partition coefficient (Wildman–Crippen LogP) is 4.13. The van der Waals surface area contributed by atoms with Gasteiger partial charge in [0.25, 0.3) is 0 Å². The Morgan fingerprint density at radius 3 is 2.10 bits per heavy atom. The minimum Gasteiger partial charge on any atom is -0.369 e. The largest absolute Gasteiger partial charge is 0.369 e. The molecule has 0 heterocycles. The second kappa shape index (κ2) is 7.32. The van der Waals surface area contributed by atoms with Crippen LogP contribution in [0, 0.1) is 0 Å². The Morgan fingerprint density at radius 2 is 1.57 bits per heavy atom. The molecule has 0 aromatic heterocycles. The molecule has 0 atom stereocenters. The Labute approximate surface area is 130 Å².